The van der Waals surface area contributed by atoms with E-state index in [1.165, 1.54) is 18.5 Å². The van der Waals surface area contributed by atoms with E-state index >= 15 is 4.39 Å². The van der Waals surface area contributed by atoms with Crippen LogP contribution in [0.4, 0.5) is 4.39 Å². The zero-order valence-electron chi connectivity index (χ0n) is 24.5. The summed E-state index contributed by atoms with van der Waals surface area (Å²) in [6.45, 7) is 1.91. The molecule has 3 heterocycles. The topological polar surface area (TPSA) is 89.9 Å². The van der Waals surface area contributed by atoms with E-state index in [2.05, 4.69) is 15.0 Å². The van der Waals surface area contributed by atoms with Crippen molar-refractivity contribution in [3.05, 3.63) is 142 Å². The van der Waals surface area contributed by atoms with Crippen molar-refractivity contribution in [3.8, 4) is 34.0 Å². The van der Waals surface area contributed by atoms with E-state index in [4.69, 9.17) is 4.74 Å². The number of halogens is 1. The number of fused-ring (bicyclic) bond motifs is 2. The third-order valence-corrected chi connectivity index (χ3v) is 7.97. The van der Waals surface area contributed by atoms with Gasteiger partial charge in [-0.1, -0.05) is 78.4 Å². The molecule has 0 radical (unpaired) electrons. The Bertz CT molecular complexity index is 2290. The number of carbonyl (C=O) groups excluding carboxylic acids is 1. The number of Topliss-reactive ketones (excluding diaryl/α,β-unsaturated/α-hetero) is 1. The average Bonchev–Trinajstić information content (AvgIpc) is 3.50. The fourth-order valence-corrected chi connectivity index (χ4v) is 5.82. The Hall–Kier alpha value is -5.89. The molecule has 0 aliphatic heterocycles. The van der Waals surface area contributed by atoms with Gasteiger partial charge in [0.25, 0.3) is 0 Å². The van der Waals surface area contributed by atoms with Gasteiger partial charge in [0.1, 0.15) is 12.0 Å². The average molecular weight is 595 g/mol. The molecule has 0 bridgehead atoms. The Morgan fingerprint density at radius 2 is 1.64 bits per heavy atom. The molecule has 3 aromatic heterocycles. The zero-order valence-corrected chi connectivity index (χ0v) is 24.5. The van der Waals surface area contributed by atoms with E-state index in [-0.39, 0.29) is 29.0 Å². The Balaban J connectivity index is 1.24. The fraction of sp³-hybridized carbons (Fsp3) is 0.0811. The predicted octanol–water partition coefficient (Wildman–Crippen LogP) is 7.81. The molecule has 0 spiro atoms. The summed E-state index contributed by atoms with van der Waals surface area (Å²) in [5.74, 6) is -0.906. The molecule has 7 nitrogen and oxygen atoms in total. The minimum Gasteiger partial charge on any atom is -0.435 e. The second-order valence-corrected chi connectivity index (χ2v) is 10.9. The molecule has 1 N–H and O–H groups in total. The molecule has 0 atom stereocenters. The van der Waals surface area contributed by atoms with E-state index in [9.17, 15) is 9.59 Å². The highest BCUT2D eigenvalue weighted by Gasteiger charge is 2.23. The third-order valence-electron chi connectivity index (χ3n) is 7.97. The van der Waals surface area contributed by atoms with Crippen molar-refractivity contribution in [1.82, 2.24) is 19.5 Å². The molecule has 4 aromatic carbocycles. The van der Waals surface area contributed by atoms with Gasteiger partial charge in [0.2, 0.25) is 11.3 Å². The molecule has 7 aromatic rings. The number of benzene rings is 4. The maximum absolute atomic E-state index is 15.5. The number of nitrogens with one attached hydrogen (secondary N) is 1. The normalized spacial score (nSPS) is 11.3. The van der Waals surface area contributed by atoms with Crippen molar-refractivity contribution < 1.29 is 13.9 Å². The first-order valence-corrected chi connectivity index (χ1v) is 14.4. The van der Waals surface area contributed by atoms with Crippen molar-refractivity contribution >= 4 is 27.7 Å². The van der Waals surface area contributed by atoms with Gasteiger partial charge in [0.05, 0.1) is 22.2 Å². The van der Waals surface area contributed by atoms with E-state index in [1.807, 2.05) is 97.5 Å². The Morgan fingerprint density at radius 3 is 2.38 bits per heavy atom. The standard InChI is InChI=1S/C37H27FN4O3/c1-22-13-15-29-26(17-22)35(44)33(34(42(29)2)25-11-7-4-8-12-25)30(43)19-23-14-16-31(28(38)18-23)45-37-32-27(24-9-5-3-6-10-24)20-39-36(32)40-21-41-37/h3-18,20-21H,19H2,1-2H3,(H,39,40,41). The lowest BCUT2D eigenvalue weighted by Crippen LogP contribution is -2.22. The first-order valence-electron chi connectivity index (χ1n) is 14.4. The molecular formula is C37H27FN4O3. The second kappa shape index (κ2) is 11.3. The smallest absolute Gasteiger partial charge is 0.232 e. The van der Waals surface area contributed by atoms with Gasteiger partial charge in [-0.15, -0.1) is 0 Å². The number of hydrogen-bond acceptors (Lipinski definition) is 5. The van der Waals surface area contributed by atoms with E-state index < -0.39 is 11.6 Å². The van der Waals surface area contributed by atoms with Crippen LogP contribution in [0.3, 0.4) is 0 Å². The van der Waals surface area contributed by atoms with Gasteiger partial charge in [0.15, 0.2) is 17.3 Å². The Morgan fingerprint density at radius 1 is 0.911 bits per heavy atom. The maximum atomic E-state index is 15.5. The quantitative estimate of drug-likeness (QED) is 0.190. The SMILES string of the molecule is Cc1ccc2c(c1)c(=O)c(C(=O)Cc1ccc(Oc3ncnc4[nH]cc(-c5ccccc5)c34)c(F)c1)c(-c1ccccc1)n2C. The molecule has 8 heteroatoms. The number of aromatic nitrogens is 4. The zero-order chi connectivity index (χ0) is 31.1. The lowest BCUT2D eigenvalue weighted by Gasteiger charge is -2.17. The van der Waals surface area contributed by atoms with Crippen molar-refractivity contribution in [1.29, 1.82) is 0 Å². The van der Waals surface area contributed by atoms with Crippen LogP contribution < -0.4 is 10.2 Å². The van der Waals surface area contributed by atoms with Crippen LogP contribution in [-0.4, -0.2) is 25.3 Å². The predicted molar refractivity (Wildman–Crippen MR) is 173 cm³/mol. The molecule has 0 aliphatic carbocycles. The number of ether oxygens (including phenoxy) is 1. The summed E-state index contributed by atoms with van der Waals surface area (Å²) in [5, 5.41) is 1.09. The maximum Gasteiger partial charge on any atom is 0.232 e. The van der Waals surface area contributed by atoms with E-state index in [1.54, 1.807) is 12.1 Å². The summed E-state index contributed by atoms with van der Waals surface area (Å²) in [4.78, 5) is 39.5. The molecule has 45 heavy (non-hydrogen) atoms. The highest BCUT2D eigenvalue weighted by atomic mass is 19.1. The van der Waals surface area contributed by atoms with E-state index in [0.29, 0.717) is 27.7 Å². The summed E-state index contributed by atoms with van der Waals surface area (Å²) < 4.78 is 23.4. The van der Waals surface area contributed by atoms with Gasteiger partial charge in [-0.3, -0.25) is 9.59 Å². The molecule has 0 fully saturated rings. The monoisotopic (exact) mass is 594 g/mol. The summed E-state index contributed by atoms with van der Waals surface area (Å²) >= 11 is 0. The highest BCUT2D eigenvalue weighted by molar-refractivity contribution is 6.05. The molecule has 0 aliphatic rings. The van der Waals surface area contributed by atoms with Crippen LogP contribution in [0.5, 0.6) is 11.6 Å². The van der Waals surface area contributed by atoms with Crippen molar-refractivity contribution in [2.45, 2.75) is 13.3 Å². The Labute approximate surface area is 257 Å². The highest BCUT2D eigenvalue weighted by Crippen LogP contribution is 2.36. The van der Waals surface area contributed by atoms with Crippen LogP contribution in [-0.2, 0) is 13.5 Å². The number of ketones is 1. The minimum absolute atomic E-state index is 0.0477. The molecule has 0 amide bonds. The number of aromatic amines is 1. The first kappa shape index (κ1) is 27.9. The molecule has 0 saturated heterocycles. The number of rotatable bonds is 7. The molecular weight excluding hydrogens is 567 g/mol. The largest absolute Gasteiger partial charge is 0.435 e. The number of pyridine rings is 1. The molecule has 220 valence electrons. The van der Waals surface area contributed by atoms with Crippen molar-refractivity contribution in [2.24, 2.45) is 7.05 Å². The van der Waals surface area contributed by atoms with Gasteiger partial charge in [-0.2, -0.15) is 0 Å². The molecule has 0 unspecified atom stereocenters. The summed E-state index contributed by atoms with van der Waals surface area (Å²) in [5.41, 5.74) is 5.37. The van der Waals surface area contributed by atoms with Gasteiger partial charge in [-0.25, -0.2) is 14.4 Å². The van der Waals surface area contributed by atoms with Gasteiger partial charge in [-0.05, 0) is 47.9 Å². The summed E-state index contributed by atoms with van der Waals surface area (Å²) in [6, 6.07) is 29.0. The fourth-order valence-electron chi connectivity index (χ4n) is 5.82. The lowest BCUT2D eigenvalue weighted by atomic mass is 9.95. The van der Waals surface area contributed by atoms with Gasteiger partial charge in [0, 0.05) is 30.6 Å². The van der Waals surface area contributed by atoms with Crippen LogP contribution in [0.25, 0.3) is 44.3 Å². The lowest BCUT2D eigenvalue weighted by molar-refractivity contribution is 0.0992. The minimum atomic E-state index is -0.658. The number of H-pyrrole nitrogens is 1. The number of carbonyl (C=O) groups is 1. The van der Waals surface area contributed by atoms with E-state index in [0.717, 1.165) is 27.8 Å². The van der Waals surface area contributed by atoms with Gasteiger partial charge >= 0.3 is 0 Å². The van der Waals surface area contributed by atoms with Crippen LogP contribution in [0.1, 0.15) is 21.5 Å². The molecule has 0 saturated carbocycles. The number of hydrogen-bond donors (Lipinski definition) is 1. The van der Waals surface area contributed by atoms with Crippen molar-refractivity contribution in [2.75, 3.05) is 0 Å². The number of nitrogens with zero attached hydrogens (tertiary/aromatic N) is 3. The second-order valence-electron chi connectivity index (χ2n) is 10.9. The first-order chi connectivity index (χ1) is 21.9. The van der Waals surface area contributed by atoms with Crippen LogP contribution in [0, 0.1) is 12.7 Å². The molecule has 7 rings (SSSR count). The van der Waals surface area contributed by atoms with Crippen LogP contribution in [0.15, 0.2) is 114 Å². The van der Waals surface area contributed by atoms with Gasteiger partial charge < -0.3 is 14.3 Å². The Kier molecular flexibility index (Phi) is 7.02. The van der Waals surface area contributed by atoms with Crippen molar-refractivity contribution in [3.63, 3.8) is 0 Å². The number of aryl methyl sites for hydroxylation is 2. The summed E-state index contributed by atoms with van der Waals surface area (Å²) in [6.07, 6.45) is 3.00. The third kappa shape index (κ3) is 5.06. The summed E-state index contributed by atoms with van der Waals surface area (Å²) in [7, 11) is 1.85. The van der Waals surface area contributed by atoms with Crippen LogP contribution >= 0.6 is 0 Å². The van der Waals surface area contributed by atoms with Crippen LogP contribution in [0.2, 0.25) is 0 Å².